The van der Waals surface area contributed by atoms with Crippen LogP contribution in [0.15, 0.2) is 51.9 Å². The van der Waals surface area contributed by atoms with Crippen molar-refractivity contribution in [1.29, 1.82) is 0 Å². The number of ether oxygens (including phenoxy) is 1. The van der Waals surface area contributed by atoms with Crippen LogP contribution < -0.4 is 14.8 Å². The van der Waals surface area contributed by atoms with Gasteiger partial charge in [-0.25, -0.2) is 13.1 Å². The van der Waals surface area contributed by atoms with Crippen molar-refractivity contribution in [3.8, 4) is 17.1 Å². The first-order valence-corrected chi connectivity index (χ1v) is 10.2. The number of hydrogen-bond donors (Lipinski definition) is 2. The molecule has 0 fully saturated rings. The van der Waals surface area contributed by atoms with Gasteiger partial charge in [0.15, 0.2) is 0 Å². The Kier molecular flexibility index (Phi) is 6.16. The molecular weight excluding hydrogens is 420 g/mol. The Hall–Kier alpha value is -2.95. The fourth-order valence-corrected chi connectivity index (χ4v) is 3.58. The van der Waals surface area contributed by atoms with Crippen LogP contribution in [0.1, 0.15) is 16.2 Å². The van der Waals surface area contributed by atoms with E-state index >= 15 is 0 Å². The number of halogens is 1. The molecule has 0 aliphatic rings. The highest BCUT2D eigenvalue weighted by molar-refractivity contribution is 7.89. The van der Waals surface area contributed by atoms with Gasteiger partial charge in [-0.2, -0.15) is 4.98 Å². The summed E-state index contributed by atoms with van der Waals surface area (Å²) in [6.45, 7) is -0.218. The van der Waals surface area contributed by atoms with Crippen molar-refractivity contribution in [2.75, 3.05) is 14.2 Å². The van der Waals surface area contributed by atoms with E-state index in [0.717, 1.165) is 0 Å². The van der Waals surface area contributed by atoms with Crippen LogP contribution in [0.2, 0.25) is 5.02 Å². The molecule has 2 N–H and O–H groups in total. The maximum atomic E-state index is 12.6. The van der Waals surface area contributed by atoms with Gasteiger partial charge in [-0.3, -0.25) is 4.79 Å². The summed E-state index contributed by atoms with van der Waals surface area (Å²) in [5.74, 6) is 0.178. The molecule has 0 saturated heterocycles. The molecule has 0 spiro atoms. The molecule has 1 amide bonds. The van der Waals surface area contributed by atoms with Gasteiger partial charge in [0.05, 0.1) is 24.1 Å². The summed E-state index contributed by atoms with van der Waals surface area (Å²) in [4.78, 5) is 16.0. The number of methoxy groups -OCH3 is 1. The maximum Gasteiger partial charge on any atom is 0.254 e. The summed E-state index contributed by atoms with van der Waals surface area (Å²) in [5, 5.41) is 6.84. The van der Waals surface area contributed by atoms with Crippen LogP contribution >= 0.6 is 11.6 Å². The van der Waals surface area contributed by atoms with Gasteiger partial charge in [-0.05, 0) is 42.5 Å². The number of carbonyl (C=O) groups excluding carboxylic acids is 1. The van der Waals surface area contributed by atoms with Crippen LogP contribution in [0.4, 0.5) is 0 Å². The number of hydrogen-bond acceptors (Lipinski definition) is 7. The Bertz CT molecular complexity index is 1130. The molecule has 0 aliphatic carbocycles. The maximum absolute atomic E-state index is 12.6. The van der Waals surface area contributed by atoms with E-state index in [2.05, 4.69) is 20.2 Å². The summed E-state index contributed by atoms with van der Waals surface area (Å²) in [5.41, 5.74) is 0.776. The summed E-state index contributed by atoms with van der Waals surface area (Å²) >= 11 is 5.85. The van der Waals surface area contributed by atoms with Crippen molar-refractivity contribution in [3.63, 3.8) is 0 Å². The summed E-state index contributed by atoms with van der Waals surface area (Å²) < 4.78 is 37.7. The predicted molar refractivity (Wildman–Crippen MR) is 105 cm³/mol. The third kappa shape index (κ3) is 4.73. The van der Waals surface area contributed by atoms with Crippen LogP contribution in [0.5, 0.6) is 5.75 Å². The number of aromatic nitrogens is 2. The van der Waals surface area contributed by atoms with Crippen molar-refractivity contribution in [2.24, 2.45) is 0 Å². The topological polar surface area (TPSA) is 123 Å². The fraction of sp³-hybridized carbons (Fsp3) is 0.167. The van der Waals surface area contributed by atoms with E-state index in [-0.39, 0.29) is 28.6 Å². The molecule has 9 nitrogen and oxygen atoms in total. The summed E-state index contributed by atoms with van der Waals surface area (Å²) in [6.07, 6.45) is 0. The number of nitrogens with one attached hydrogen (secondary N) is 2. The highest BCUT2D eigenvalue weighted by Gasteiger charge is 2.20. The first-order chi connectivity index (χ1) is 13.8. The normalized spacial score (nSPS) is 11.3. The van der Waals surface area contributed by atoms with Crippen LogP contribution in [0, 0.1) is 0 Å². The third-order valence-electron chi connectivity index (χ3n) is 3.94. The molecular formula is C18H17ClN4O5S. The van der Waals surface area contributed by atoms with Crippen LogP contribution in [-0.2, 0) is 16.6 Å². The van der Waals surface area contributed by atoms with Gasteiger partial charge in [0.2, 0.25) is 21.7 Å². The summed E-state index contributed by atoms with van der Waals surface area (Å²) in [6, 6.07) is 10.8. The van der Waals surface area contributed by atoms with E-state index in [9.17, 15) is 13.2 Å². The molecule has 0 atom stereocenters. The molecule has 0 unspecified atom stereocenters. The van der Waals surface area contributed by atoms with Crippen molar-refractivity contribution < 1.29 is 22.5 Å². The van der Waals surface area contributed by atoms with Gasteiger partial charge in [0, 0.05) is 17.6 Å². The van der Waals surface area contributed by atoms with Crippen LogP contribution in [0.25, 0.3) is 11.4 Å². The van der Waals surface area contributed by atoms with Crippen molar-refractivity contribution in [2.45, 2.75) is 11.4 Å². The van der Waals surface area contributed by atoms with Crippen LogP contribution in [0.3, 0.4) is 0 Å². The lowest BCUT2D eigenvalue weighted by Crippen LogP contribution is -2.24. The summed E-state index contributed by atoms with van der Waals surface area (Å²) in [7, 11) is -1.11. The lowest BCUT2D eigenvalue weighted by atomic mass is 10.2. The van der Waals surface area contributed by atoms with E-state index in [1.54, 1.807) is 24.3 Å². The molecule has 1 aromatic heterocycles. The van der Waals surface area contributed by atoms with E-state index in [4.69, 9.17) is 20.9 Å². The number of sulfonamides is 1. The van der Waals surface area contributed by atoms with E-state index in [0.29, 0.717) is 16.4 Å². The number of rotatable bonds is 7. The van der Waals surface area contributed by atoms with Gasteiger partial charge in [0.1, 0.15) is 5.75 Å². The monoisotopic (exact) mass is 436 g/mol. The molecule has 3 rings (SSSR count). The van der Waals surface area contributed by atoms with Crippen LogP contribution in [-0.4, -0.2) is 38.6 Å². The SMILES string of the molecule is CNC(=O)c1cc(S(=O)(=O)NCc2nc(-c3ccc(Cl)cc3)no2)ccc1OC. The van der Waals surface area contributed by atoms with Crippen molar-refractivity contribution in [1.82, 2.24) is 20.2 Å². The molecule has 3 aromatic rings. The minimum absolute atomic E-state index is 0.0820. The lowest BCUT2D eigenvalue weighted by Gasteiger charge is -2.10. The highest BCUT2D eigenvalue weighted by Crippen LogP contribution is 2.23. The second kappa shape index (κ2) is 8.60. The third-order valence-corrected chi connectivity index (χ3v) is 5.59. The molecule has 11 heteroatoms. The van der Waals surface area contributed by atoms with Gasteiger partial charge < -0.3 is 14.6 Å². The zero-order chi connectivity index (χ0) is 21.0. The molecule has 152 valence electrons. The molecule has 0 radical (unpaired) electrons. The Morgan fingerprint density at radius 1 is 1.21 bits per heavy atom. The molecule has 0 saturated carbocycles. The van der Waals surface area contributed by atoms with Gasteiger partial charge in [-0.15, -0.1) is 0 Å². The predicted octanol–water partition coefficient (Wildman–Crippen LogP) is 2.24. The molecule has 2 aromatic carbocycles. The van der Waals surface area contributed by atoms with Gasteiger partial charge in [0.25, 0.3) is 5.91 Å². The fourth-order valence-electron chi connectivity index (χ4n) is 2.45. The largest absolute Gasteiger partial charge is 0.496 e. The number of nitrogens with zero attached hydrogens (tertiary/aromatic N) is 2. The second-order valence-corrected chi connectivity index (χ2v) is 7.99. The minimum atomic E-state index is -3.94. The number of carbonyl (C=O) groups is 1. The quantitative estimate of drug-likeness (QED) is 0.582. The smallest absolute Gasteiger partial charge is 0.254 e. The first kappa shape index (κ1) is 20.8. The first-order valence-electron chi connectivity index (χ1n) is 8.32. The standard InChI is InChI=1S/C18H17ClN4O5S/c1-20-18(24)14-9-13(7-8-15(14)27-2)29(25,26)21-10-16-22-17(23-28-16)11-3-5-12(19)6-4-11/h3-9,21H,10H2,1-2H3,(H,20,24). The molecule has 0 aliphatic heterocycles. The Balaban J connectivity index is 1.77. The molecule has 0 bridgehead atoms. The zero-order valence-corrected chi connectivity index (χ0v) is 17.0. The highest BCUT2D eigenvalue weighted by atomic mass is 35.5. The molecule has 1 heterocycles. The second-order valence-electron chi connectivity index (χ2n) is 5.78. The average Bonchev–Trinajstić information content (AvgIpc) is 3.21. The Morgan fingerprint density at radius 3 is 2.59 bits per heavy atom. The Labute approximate surface area is 172 Å². The number of amides is 1. The van der Waals surface area contributed by atoms with Crippen molar-refractivity contribution in [3.05, 3.63) is 58.9 Å². The average molecular weight is 437 g/mol. The number of benzene rings is 2. The Morgan fingerprint density at radius 2 is 1.93 bits per heavy atom. The molecule has 29 heavy (non-hydrogen) atoms. The lowest BCUT2D eigenvalue weighted by molar-refractivity contribution is 0.0960. The van der Waals surface area contributed by atoms with Gasteiger partial charge in [-0.1, -0.05) is 16.8 Å². The van der Waals surface area contributed by atoms with E-state index in [1.807, 2.05) is 0 Å². The van der Waals surface area contributed by atoms with E-state index in [1.165, 1.54) is 32.4 Å². The van der Waals surface area contributed by atoms with Gasteiger partial charge >= 0.3 is 0 Å². The van der Waals surface area contributed by atoms with E-state index < -0.39 is 15.9 Å². The minimum Gasteiger partial charge on any atom is -0.496 e. The van der Waals surface area contributed by atoms with Crippen molar-refractivity contribution >= 4 is 27.5 Å². The zero-order valence-electron chi connectivity index (χ0n) is 15.5.